The predicted octanol–water partition coefficient (Wildman–Crippen LogP) is 5.17. The Morgan fingerprint density at radius 3 is 2.97 bits per heavy atom. The van der Waals surface area contributed by atoms with Crippen molar-refractivity contribution in [2.24, 2.45) is 0 Å². The molecule has 0 amide bonds. The molecule has 1 aromatic heterocycles. The van der Waals surface area contributed by atoms with Crippen LogP contribution in [0.15, 0.2) is 73.2 Å². The molecule has 30 heavy (non-hydrogen) atoms. The zero-order valence-electron chi connectivity index (χ0n) is 16.5. The molecule has 1 unspecified atom stereocenters. The van der Waals surface area contributed by atoms with Crippen LogP contribution in [0.1, 0.15) is 28.3 Å². The average molecular weight is 404 g/mol. The second-order valence-corrected chi connectivity index (χ2v) is 6.89. The fourth-order valence-corrected chi connectivity index (χ4v) is 3.53. The fourth-order valence-electron chi connectivity index (χ4n) is 3.53. The van der Waals surface area contributed by atoms with Gasteiger partial charge in [-0.2, -0.15) is 0 Å². The molecule has 6 heteroatoms. The maximum Gasteiger partial charge on any atom is 0.340 e. The van der Waals surface area contributed by atoms with Crippen LogP contribution >= 0.6 is 0 Å². The summed E-state index contributed by atoms with van der Waals surface area (Å²) in [5.74, 6) is 0.208. The Labute approximate surface area is 174 Å². The number of carbonyl (C=O) groups excluding carboxylic acids is 1. The number of carbonyl (C=O) groups is 1. The number of nitrogens with one attached hydrogen (secondary N) is 1. The third-order valence-corrected chi connectivity index (χ3v) is 5.08. The molecular formula is C24H21FN2O3. The van der Waals surface area contributed by atoms with Gasteiger partial charge < -0.3 is 14.8 Å². The molecule has 2 aromatic carbocycles. The van der Waals surface area contributed by atoms with Crippen molar-refractivity contribution in [3.63, 3.8) is 0 Å². The number of esters is 1. The summed E-state index contributed by atoms with van der Waals surface area (Å²) in [7, 11) is 1.34. The number of pyridine rings is 1. The summed E-state index contributed by atoms with van der Waals surface area (Å²) in [5, 5.41) is 3.12. The second-order valence-electron chi connectivity index (χ2n) is 6.89. The van der Waals surface area contributed by atoms with Crippen molar-refractivity contribution in [2.45, 2.75) is 12.3 Å². The third-order valence-electron chi connectivity index (χ3n) is 5.08. The minimum atomic E-state index is -0.426. The number of rotatable bonds is 5. The molecular weight excluding hydrogens is 383 g/mol. The predicted molar refractivity (Wildman–Crippen MR) is 113 cm³/mol. The van der Waals surface area contributed by atoms with Gasteiger partial charge in [0.2, 0.25) is 0 Å². The van der Waals surface area contributed by atoms with Crippen LogP contribution in [0.3, 0.4) is 0 Å². The second kappa shape index (κ2) is 8.78. The van der Waals surface area contributed by atoms with E-state index in [2.05, 4.69) is 10.3 Å². The van der Waals surface area contributed by atoms with E-state index >= 15 is 0 Å². The van der Waals surface area contributed by atoms with E-state index in [0.717, 1.165) is 23.3 Å². The molecule has 0 aliphatic carbocycles. The molecule has 1 aliphatic heterocycles. The van der Waals surface area contributed by atoms with E-state index in [4.69, 9.17) is 9.47 Å². The molecule has 152 valence electrons. The summed E-state index contributed by atoms with van der Waals surface area (Å²) in [5.41, 5.74) is 3.36. The maximum absolute atomic E-state index is 14.1. The zero-order chi connectivity index (χ0) is 20.9. The first kappa shape index (κ1) is 19.6. The van der Waals surface area contributed by atoms with Gasteiger partial charge in [-0.1, -0.05) is 36.4 Å². The highest BCUT2D eigenvalue weighted by Crippen LogP contribution is 2.38. The molecule has 4 rings (SSSR count). The van der Waals surface area contributed by atoms with Crippen LogP contribution in [0.4, 0.5) is 10.1 Å². The van der Waals surface area contributed by atoms with Gasteiger partial charge in [0.15, 0.2) is 0 Å². The quantitative estimate of drug-likeness (QED) is 0.595. The Balaban J connectivity index is 1.54. The summed E-state index contributed by atoms with van der Waals surface area (Å²) in [6.07, 6.45) is 7.77. The van der Waals surface area contributed by atoms with Gasteiger partial charge >= 0.3 is 5.97 Å². The fraction of sp³-hybridized carbons (Fsp3) is 0.167. The Morgan fingerprint density at radius 1 is 1.27 bits per heavy atom. The highest BCUT2D eigenvalue weighted by molar-refractivity contribution is 5.95. The first-order chi connectivity index (χ1) is 14.7. The van der Waals surface area contributed by atoms with E-state index in [0.29, 0.717) is 23.4 Å². The number of fused-ring (bicyclic) bond motifs is 1. The summed E-state index contributed by atoms with van der Waals surface area (Å²) in [6.45, 7) is 0.572. The Kier molecular flexibility index (Phi) is 5.75. The van der Waals surface area contributed by atoms with Crippen molar-refractivity contribution in [1.29, 1.82) is 0 Å². The molecule has 0 saturated carbocycles. The van der Waals surface area contributed by atoms with E-state index in [-0.39, 0.29) is 11.7 Å². The van der Waals surface area contributed by atoms with Gasteiger partial charge in [0.25, 0.3) is 0 Å². The molecule has 0 radical (unpaired) electrons. The van der Waals surface area contributed by atoms with Crippen molar-refractivity contribution < 1.29 is 18.7 Å². The number of benzene rings is 2. The first-order valence-corrected chi connectivity index (χ1v) is 9.64. The normalized spacial score (nSPS) is 15.3. The number of nitrogens with zero attached hydrogens (tertiary/aromatic N) is 1. The molecule has 1 N–H and O–H groups in total. The first-order valence-electron chi connectivity index (χ1n) is 9.64. The van der Waals surface area contributed by atoms with Gasteiger partial charge in [-0.25, -0.2) is 9.18 Å². The summed E-state index contributed by atoms with van der Waals surface area (Å²) >= 11 is 0. The van der Waals surface area contributed by atoms with E-state index in [1.54, 1.807) is 36.8 Å². The number of methoxy groups -OCH3 is 1. The van der Waals surface area contributed by atoms with Crippen LogP contribution in [-0.4, -0.2) is 24.7 Å². The van der Waals surface area contributed by atoms with Crippen LogP contribution in [-0.2, 0) is 4.74 Å². The molecule has 0 bridgehead atoms. The number of hydrogen-bond donors (Lipinski definition) is 1. The minimum Gasteiger partial charge on any atom is -0.493 e. The van der Waals surface area contributed by atoms with Gasteiger partial charge in [-0.3, -0.25) is 4.98 Å². The molecule has 0 spiro atoms. The molecule has 0 fully saturated rings. The Hall–Kier alpha value is -3.67. The van der Waals surface area contributed by atoms with Crippen LogP contribution in [0.2, 0.25) is 0 Å². The number of allylic oxidation sites excluding steroid dienone is 1. The van der Waals surface area contributed by atoms with E-state index in [1.165, 1.54) is 13.2 Å². The van der Waals surface area contributed by atoms with Crippen LogP contribution in [0.5, 0.6) is 5.75 Å². The SMILES string of the molecule is COC(=O)c1ccncc1N/C=C/C1CCOc2cc(-c3ccccc3F)ccc21. The van der Waals surface area contributed by atoms with E-state index < -0.39 is 5.97 Å². The lowest BCUT2D eigenvalue weighted by molar-refractivity contribution is 0.0601. The molecule has 0 saturated heterocycles. The molecule has 1 aliphatic rings. The van der Waals surface area contributed by atoms with Gasteiger partial charge in [0.05, 0.1) is 31.2 Å². The average Bonchev–Trinajstić information content (AvgIpc) is 2.79. The number of halogens is 1. The van der Waals surface area contributed by atoms with Gasteiger partial charge in [-0.15, -0.1) is 0 Å². The molecule has 3 aromatic rings. The van der Waals surface area contributed by atoms with Crippen molar-refractivity contribution in [3.05, 3.63) is 90.1 Å². The van der Waals surface area contributed by atoms with E-state index in [1.807, 2.05) is 30.3 Å². The lowest BCUT2D eigenvalue weighted by Crippen LogP contribution is -2.13. The molecule has 1 atom stereocenters. The Morgan fingerprint density at radius 2 is 2.13 bits per heavy atom. The largest absolute Gasteiger partial charge is 0.493 e. The number of hydrogen-bond acceptors (Lipinski definition) is 5. The topological polar surface area (TPSA) is 60.5 Å². The van der Waals surface area contributed by atoms with Crippen molar-refractivity contribution in [1.82, 2.24) is 4.98 Å². The number of ether oxygens (including phenoxy) is 2. The summed E-state index contributed by atoms with van der Waals surface area (Å²) in [6, 6.07) is 14.1. The highest BCUT2D eigenvalue weighted by Gasteiger charge is 2.20. The van der Waals surface area contributed by atoms with Crippen molar-refractivity contribution in [2.75, 3.05) is 19.0 Å². The Bertz CT molecular complexity index is 1100. The standard InChI is InChI=1S/C24H21FN2O3/c1-29-24(28)20-9-11-26-15-22(20)27-12-8-16-10-13-30-23-14-17(6-7-19(16)23)18-4-2-3-5-21(18)25/h2-9,11-12,14-16,27H,10,13H2,1H3/b12-8+. The molecule has 5 nitrogen and oxygen atoms in total. The zero-order valence-corrected chi connectivity index (χ0v) is 16.5. The summed E-state index contributed by atoms with van der Waals surface area (Å²) in [4.78, 5) is 15.9. The maximum atomic E-state index is 14.1. The number of aromatic nitrogens is 1. The van der Waals surface area contributed by atoms with Crippen molar-refractivity contribution in [3.8, 4) is 16.9 Å². The third kappa shape index (κ3) is 4.03. The minimum absolute atomic E-state index is 0.133. The van der Waals surface area contributed by atoms with Crippen molar-refractivity contribution >= 4 is 11.7 Å². The van der Waals surface area contributed by atoms with Crippen LogP contribution in [0.25, 0.3) is 11.1 Å². The number of anilines is 1. The van der Waals surface area contributed by atoms with Crippen LogP contribution in [0, 0.1) is 5.82 Å². The lowest BCUT2D eigenvalue weighted by Gasteiger charge is -2.24. The van der Waals surface area contributed by atoms with Crippen LogP contribution < -0.4 is 10.1 Å². The van der Waals surface area contributed by atoms with Gasteiger partial charge in [0.1, 0.15) is 11.6 Å². The lowest BCUT2D eigenvalue weighted by atomic mass is 9.91. The van der Waals surface area contributed by atoms with Gasteiger partial charge in [-0.05, 0) is 36.4 Å². The van der Waals surface area contributed by atoms with Gasteiger partial charge in [0, 0.05) is 23.2 Å². The molecule has 2 heterocycles. The monoisotopic (exact) mass is 404 g/mol. The smallest absolute Gasteiger partial charge is 0.340 e. The highest BCUT2D eigenvalue weighted by atomic mass is 19.1. The summed E-state index contributed by atoms with van der Waals surface area (Å²) < 4.78 is 24.8. The van der Waals surface area contributed by atoms with E-state index in [9.17, 15) is 9.18 Å².